The van der Waals surface area contributed by atoms with Crippen molar-refractivity contribution in [1.29, 1.82) is 0 Å². The van der Waals surface area contributed by atoms with Crippen molar-refractivity contribution in [3.05, 3.63) is 29.8 Å². The SMILES string of the molecule is CC.O=C(CNc1nnc(-c2ccc(C(F)F)cc2)o1)N1CCC2(C1)CC2(F)F. The number of rotatable bonds is 5. The number of nitrogens with one attached hydrogen (secondary N) is 1. The predicted molar refractivity (Wildman–Crippen MR) is 97.7 cm³/mol. The molecule has 10 heteroatoms. The van der Waals surface area contributed by atoms with E-state index in [0.29, 0.717) is 18.5 Å². The summed E-state index contributed by atoms with van der Waals surface area (Å²) in [5, 5.41) is 10.2. The van der Waals surface area contributed by atoms with E-state index in [4.69, 9.17) is 4.42 Å². The molecule has 1 N–H and O–H groups in total. The molecule has 2 aliphatic rings. The van der Waals surface area contributed by atoms with Gasteiger partial charge in [0.2, 0.25) is 11.8 Å². The van der Waals surface area contributed by atoms with Crippen molar-refractivity contribution in [2.24, 2.45) is 5.41 Å². The number of hydrogen-bond acceptors (Lipinski definition) is 5. The Hall–Kier alpha value is -2.65. The molecule has 1 aromatic carbocycles. The van der Waals surface area contributed by atoms with Gasteiger partial charge in [0.1, 0.15) is 0 Å². The number of aromatic nitrogens is 2. The van der Waals surface area contributed by atoms with Gasteiger partial charge in [0.05, 0.1) is 12.0 Å². The summed E-state index contributed by atoms with van der Waals surface area (Å²) in [6.45, 7) is 4.21. The van der Waals surface area contributed by atoms with Crippen LogP contribution in [0.15, 0.2) is 28.7 Å². The largest absolute Gasteiger partial charge is 0.403 e. The first-order valence-electron chi connectivity index (χ1n) is 9.41. The quantitative estimate of drug-likeness (QED) is 0.736. The number of hydrogen-bond donors (Lipinski definition) is 1. The van der Waals surface area contributed by atoms with Crippen LogP contribution in [0.25, 0.3) is 11.5 Å². The normalized spacial score (nSPS) is 21.8. The molecule has 2 fully saturated rings. The Bertz CT molecular complexity index is 856. The van der Waals surface area contributed by atoms with Crippen molar-refractivity contribution in [1.82, 2.24) is 15.1 Å². The zero-order chi connectivity index (χ0) is 21.2. The summed E-state index contributed by atoms with van der Waals surface area (Å²) in [5.41, 5.74) is -0.694. The van der Waals surface area contributed by atoms with Crippen molar-refractivity contribution in [2.45, 2.75) is 39.0 Å². The summed E-state index contributed by atoms with van der Waals surface area (Å²) in [6.07, 6.45) is -2.41. The Kier molecular flexibility index (Phi) is 5.81. The molecule has 0 radical (unpaired) electrons. The lowest BCUT2D eigenvalue weighted by molar-refractivity contribution is -0.128. The fraction of sp³-hybridized carbons (Fsp3) is 0.526. The van der Waals surface area contributed by atoms with Gasteiger partial charge in [0.15, 0.2) is 0 Å². The first-order valence-corrected chi connectivity index (χ1v) is 9.41. The summed E-state index contributed by atoms with van der Waals surface area (Å²) in [4.78, 5) is 13.6. The number of carbonyl (C=O) groups is 1. The summed E-state index contributed by atoms with van der Waals surface area (Å²) in [6, 6.07) is 5.38. The van der Waals surface area contributed by atoms with Gasteiger partial charge >= 0.3 is 6.01 Å². The molecule has 1 amide bonds. The Morgan fingerprint density at radius 2 is 1.90 bits per heavy atom. The van der Waals surface area contributed by atoms with E-state index in [1.54, 1.807) is 0 Å². The Morgan fingerprint density at radius 3 is 2.45 bits per heavy atom. The zero-order valence-corrected chi connectivity index (χ0v) is 16.1. The van der Waals surface area contributed by atoms with Crippen LogP contribution in [-0.2, 0) is 4.79 Å². The van der Waals surface area contributed by atoms with Crippen LogP contribution in [0.4, 0.5) is 23.6 Å². The minimum absolute atomic E-state index is 0.0121. The molecule has 1 unspecified atom stereocenters. The number of nitrogens with zero attached hydrogens (tertiary/aromatic N) is 3. The van der Waals surface area contributed by atoms with Crippen LogP contribution >= 0.6 is 0 Å². The van der Waals surface area contributed by atoms with Crippen molar-refractivity contribution >= 4 is 11.9 Å². The van der Waals surface area contributed by atoms with E-state index in [-0.39, 0.29) is 42.9 Å². The molecule has 1 spiro atoms. The van der Waals surface area contributed by atoms with Crippen molar-refractivity contribution < 1.29 is 26.8 Å². The van der Waals surface area contributed by atoms with E-state index < -0.39 is 17.8 Å². The molecule has 1 saturated carbocycles. The minimum atomic E-state index is -2.67. The lowest BCUT2D eigenvalue weighted by Crippen LogP contribution is -2.34. The van der Waals surface area contributed by atoms with Gasteiger partial charge < -0.3 is 14.6 Å². The topological polar surface area (TPSA) is 71.3 Å². The number of amides is 1. The molecule has 1 aromatic heterocycles. The summed E-state index contributed by atoms with van der Waals surface area (Å²) < 4.78 is 57.3. The molecule has 1 aliphatic heterocycles. The summed E-state index contributed by atoms with van der Waals surface area (Å²) >= 11 is 0. The summed E-state index contributed by atoms with van der Waals surface area (Å²) in [7, 11) is 0. The molecule has 2 aromatic rings. The van der Waals surface area contributed by atoms with Gasteiger partial charge in [0, 0.05) is 30.6 Å². The molecule has 4 rings (SSSR count). The highest BCUT2D eigenvalue weighted by atomic mass is 19.3. The van der Waals surface area contributed by atoms with E-state index in [0.717, 1.165) is 0 Å². The van der Waals surface area contributed by atoms with Crippen molar-refractivity contribution in [3.8, 4) is 11.5 Å². The van der Waals surface area contributed by atoms with Gasteiger partial charge in [-0.1, -0.05) is 31.1 Å². The molecule has 2 heterocycles. The maximum atomic E-state index is 13.4. The standard InChI is InChI=1S/C17H16F4N4O2.C2H6/c18-13(19)10-1-3-11(4-2-10)14-23-24-15(27-14)22-7-12(26)25-6-5-16(9-25)8-17(16,20)21;1-2/h1-4,13H,5-9H2,(H,22,24);1-2H3. The number of likely N-dealkylation sites (tertiary alicyclic amines) is 1. The van der Waals surface area contributed by atoms with Gasteiger partial charge in [-0.05, 0) is 18.6 Å². The third kappa shape index (κ3) is 4.20. The highest BCUT2D eigenvalue weighted by Gasteiger charge is 2.72. The Morgan fingerprint density at radius 1 is 1.24 bits per heavy atom. The van der Waals surface area contributed by atoms with E-state index in [1.165, 1.54) is 29.2 Å². The molecule has 1 saturated heterocycles. The fourth-order valence-electron chi connectivity index (χ4n) is 3.35. The first kappa shape index (κ1) is 21.1. The lowest BCUT2D eigenvalue weighted by atomic mass is 10.1. The van der Waals surface area contributed by atoms with Gasteiger partial charge in [0.25, 0.3) is 12.3 Å². The molecule has 29 heavy (non-hydrogen) atoms. The van der Waals surface area contributed by atoms with E-state index in [9.17, 15) is 22.4 Å². The molecular formula is C19H22F4N4O2. The fourth-order valence-corrected chi connectivity index (χ4v) is 3.35. The highest BCUT2D eigenvalue weighted by molar-refractivity contribution is 5.80. The Labute approximate surface area is 165 Å². The van der Waals surface area contributed by atoms with E-state index in [1.807, 2.05) is 13.8 Å². The van der Waals surface area contributed by atoms with Crippen LogP contribution in [0.1, 0.15) is 38.7 Å². The molecular weight excluding hydrogens is 392 g/mol. The van der Waals surface area contributed by atoms with Crippen LogP contribution in [0, 0.1) is 5.41 Å². The van der Waals surface area contributed by atoms with Gasteiger partial charge in [-0.25, -0.2) is 17.6 Å². The second-order valence-electron chi connectivity index (χ2n) is 6.92. The van der Waals surface area contributed by atoms with Crippen LogP contribution in [0.3, 0.4) is 0 Å². The molecule has 0 bridgehead atoms. The second-order valence-corrected chi connectivity index (χ2v) is 6.92. The maximum Gasteiger partial charge on any atom is 0.316 e. The van der Waals surface area contributed by atoms with E-state index >= 15 is 0 Å². The molecule has 158 valence electrons. The average Bonchev–Trinajstić information content (AvgIpc) is 3.13. The summed E-state index contributed by atoms with van der Waals surface area (Å²) in [5.74, 6) is -2.88. The Balaban J connectivity index is 0.00000117. The van der Waals surface area contributed by atoms with Gasteiger partial charge in [-0.3, -0.25) is 4.79 Å². The van der Waals surface area contributed by atoms with Gasteiger partial charge in [-0.15, -0.1) is 5.10 Å². The molecule has 1 aliphatic carbocycles. The first-order chi connectivity index (χ1) is 13.8. The third-order valence-electron chi connectivity index (χ3n) is 5.14. The number of benzene rings is 1. The van der Waals surface area contributed by atoms with Crippen LogP contribution < -0.4 is 5.32 Å². The molecule has 6 nitrogen and oxygen atoms in total. The number of alkyl halides is 4. The van der Waals surface area contributed by atoms with Crippen LogP contribution in [-0.4, -0.2) is 46.6 Å². The van der Waals surface area contributed by atoms with Crippen molar-refractivity contribution in [2.75, 3.05) is 25.0 Å². The van der Waals surface area contributed by atoms with Crippen LogP contribution in [0.5, 0.6) is 0 Å². The number of anilines is 1. The maximum absolute atomic E-state index is 13.4. The number of halogens is 4. The average molecular weight is 414 g/mol. The van der Waals surface area contributed by atoms with Crippen LogP contribution in [0.2, 0.25) is 0 Å². The zero-order valence-electron chi connectivity index (χ0n) is 16.1. The molecule has 1 atom stereocenters. The smallest absolute Gasteiger partial charge is 0.316 e. The van der Waals surface area contributed by atoms with Crippen molar-refractivity contribution in [3.63, 3.8) is 0 Å². The number of carbonyl (C=O) groups excluding carboxylic acids is 1. The lowest BCUT2D eigenvalue weighted by Gasteiger charge is -2.16. The predicted octanol–water partition coefficient (Wildman–Crippen LogP) is 4.37. The minimum Gasteiger partial charge on any atom is -0.403 e. The van der Waals surface area contributed by atoms with Gasteiger partial charge in [-0.2, -0.15) is 0 Å². The monoisotopic (exact) mass is 414 g/mol. The second kappa shape index (κ2) is 8.00. The third-order valence-corrected chi connectivity index (χ3v) is 5.14. The highest BCUT2D eigenvalue weighted by Crippen LogP contribution is 2.64. The van der Waals surface area contributed by atoms with E-state index in [2.05, 4.69) is 15.5 Å².